The molecular weight excluding hydrogens is 449 g/mol. The van der Waals surface area contributed by atoms with Crippen LogP contribution >= 0.6 is 11.3 Å². The van der Waals surface area contributed by atoms with Gasteiger partial charge in [0.1, 0.15) is 12.1 Å². The van der Waals surface area contributed by atoms with E-state index < -0.39 is 11.7 Å². The largest absolute Gasteiger partial charge is 0.416 e. The molecule has 3 atom stereocenters. The summed E-state index contributed by atoms with van der Waals surface area (Å²) < 4.78 is 43.7. The third-order valence-corrected chi connectivity index (χ3v) is 7.68. The highest BCUT2D eigenvalue weighted by Gasteiger charge is 2.48. The molecule has 3 aromatic heterocycles. The average molecular weight is 471 g/mol. The van der Waals surface area contributed by atoms with E-state index in [0.717, 1.165) is 47.1 Å². The number of fused-ring (bicyclic) bond motifs is 2. The molecule has 170 valence electrons. The molecule has 0 spiro atoms. The molecule has 1 aliphatic heterocycles. The van der Waals surface area contributed by atoms with Gasteiger partial charge in [-0.1, -0.05) is 6.42 Å². The fraction of sp³-hybridized carbons (Fsp3) is 0.391. The van der Waals surface area contributed by atoms with Crippen molar-refractivity contribution in [2.45, 2.75) is 38.4 Å². The normalized spacial score (nSPS) is 22.9. The monoisotopic (exact) mass is 470 g/mol. The maximum atomic E-state index is 13.5. The second-order valence-corrected chi connectivity index (χ2v) is 9.76. The number of rotatable bonds is 3. The summed E-state index contributed by atoms with van der Waals surface area (Å²) >= 11 is 1.56. The van der Waals surface area contributed by atoms with Crippen molar-refractivity contribution < 1.29 is 13.2 Å². The number of halogens is 3. The van der Waals surface area contributed by atoms with Gasteiger partial charge in [-0.05, 0) is 61.9 Å². The van der Waals surface area contributed by atoms with Crippen LogP contribution in [0.25, 0.3) is 15.9 Å². The molecule has 2 aliphatic rings. The van der Waals surface area contributed by atoms with Crippen LogP contribution in [-0.2, 0) is 6.18 Å². The minimum Gasteiger partial charge on any atom is -0.346 e. The van der Waals surface area contributed by atoms with Crippen LogP contribution < -0.4 is 4.90 Å². The Morgan fingerprint density at radius 3 is 2.85 bits per heavy atom. The molecule has 1 saturated carbocycles. The van der Waals surface area contributed by atoms with Gasteiger partial charge in [0.05, 0.1) is 27.3 Å². The Bertz CT molecular complexity index is 1330. The molecule has 33 heavy (non-hydrogen) atoms. The highest BCUT2D eigenvalue weighted by molar-refractivity contribution is 7.16. The number of alkyl halides is 3. The minimum absolute atomic E-state index is 0.187. The maximum absolute atomic E-state index is 13.5. The predicted octanol–water partition coefficient (Wildman–Crippen LogP) is 5.58. The number of anilines is 1. The van der Waals surface area contributed by atoms with Crippen molar-refractivity contribution in [3.05, 3.63) is 59.3 Å². The van der Waals surface area contributed by atoms with Crippen LogP contribution in [0, 0.1) is 18.8 Å². The van der Waals surface area contributed by atoms with Gasteiger partial charge in [-0.15, -0.1) is 21.5 Å². The minimum atomic E-state index is -4.42. The second kappa shape index (κ2) is 7.51. The van der Waals surface area contributed by atoms with Gasteiger partial charge in [0.15, 0.2) is 5.82 Å². The second-order valence-electron chi connectivity index (χ2n) is 8.87. The Morgan fingerprint density at radius 1 is 1.12 bits per heavy atom. The van der Waals surface area contributed by atoms with Crippen LogP contribution in [0.4, 0.5) is 19.0 Å². The van der Waals surface area contributed by atoms with Gasteiger partial charge in [0.2, 0.25) is 0 Å². The van der Waals surface area contributed by atoms with Crippen molar-refractivity contribution in [2.24, 2.45) is 11.8 Å². The number of nitrogens with zero attached hydrogens (tertiary/aromatic N) is 6. The molecule has 0 bridgehead atoms. The number of aromatic nitrogens is 5. The van der Waals surface area contributed by atoms with Crippen LogP contribution in [0.2, 0.25) is 0 Å². The molecule has 0 radical (unpaired) electrons. The number of hydrogen-bond donors (Lipinski definition) is 0. The quantitative estimate of drug-likeness (QED) is 0.391. The molecule has 4 aromatic rings. The lowest BCUT2D eigenvalue weighted by molar-refractivity contribution is -0.137. The van der Waals surface area contributed by atoms with E-state index in [1.165, 1.54) is 6.07 Å². The van der Waals surface area contributed by atoms with E-state index in [0.29, 0.717) is 29.9 Å². The van der Waals surface area contributed by atoms with Crippen molar-refractivity contribution in [1.29, 1.82) is 0 Å². The summed E-state index contributed by atoms with van der Waals surface area (Å²) in [6.07, 6.45) is 0.470. The third-order valence-electron chi connectivity index (χ3n) is 6.88. The van der Waals surface area contributed by atoms with E-state index in [1.807, 2.05) is 27.1 Å². The van der Waals surface area contributed by atoms with Gasteiger partial charge in [-0.25, -0.2) is 9.97 Å². The SMILES string of the molecule is Cc1cc(C(F)(F)F)cc(N2CC3CCCC3C2c2nncn2-c2ccc3ncsc3c2)n1. The zero-order valence-corrected chi connectivity index (χ0v) is 18.6. The Kier molecular flexibility index (Phi) is 4.69. The van der Waals surface area contributed by atoms with Crippen molar-refractivity contribution in [1.82, 2.24) is 24.7 Å². The molecule has 3 unspecified atom stereocenters. The van der Waals surface area contributed by atoms with Gasteiger partial charge in [0, 0.05) is 17.9 Å². The number of aryl methyl sites for hydroxylation is 1. The van der Waals surface area contributed by atoms with Gasteiger partial charge < -0.3 is 4.90 Å². The molecule has 10 heteroatoms. The van der Waals surface area contributed by atoms with Crippen molar-refractivity contribution >= 4 is 27.4 Å². The van der Waals surface area contributed by atoms with E-state index >= 15 is 0 Å². The Morgan fingerprint density at radius 2 is 2.00 bits per heavy atom. The van der Waals surface area contributed by atoms with Crippen LogP contribution in [0.5, 0.6) is 0 Å². The maximum Gasteiger partial charge on any atom is 0.416 e. The summed E-state index contributed by atoms with van der Waals surface area (Å²) in [5, 5.41) is 8.68. The molecule has 1 saturated heterocycles. The summed E-state index contributed by atoms with van der Waals surface area (Å²) in [6, 6.07) is 8.08. The van der Waals surface area contributed by atoms with E-state index in [4.69, 9.17) is 0 Å². The number of thiazole rings is 1. The van der Waals surface area contributed by atoms with Crippen molar-refractivity contribution in [3.63, 3.8) is 0 Å². The summed E-state index contributed by atoms with van der Waals surface area (Å²) in [5.41, 5.74) is 3.35. The Balaban J connectivity index is 1.46. The van der Waals surface area contributed by atoms with Gasteiger partial charge >= 0.3 is 6.18 Å². The summed E-state index contributed by atoms with van der Waals surface area (Å²) in [6.45, 7) is 2.28. The molecule has 1 aliphatic carbocycles. The van der Waals surface area contributed by atoms with Crippen LogP contribution in [0.15, 0.2) is 42.2 Å². The molecule has 4 heterocycles. The predicted molar refractivity (Wildman–Crippen MR) is 119 cm³/mol. The highest BCUT2D eigenvalue weighted by Crippen LogP contribution is 2.50. The number of benzene rings is 1. The van der Waals surface area contributed by atoms with E-state index in [9.17, 15) is 13.2 Å². The number of pyridine rings is 1. The lowest BCUT2D eigenvalue weighted by Gasteiger charge is -2.29. The summed E-state index contributed by atoms with van der Waals surface area (Å²) in [4.78, 5) is 10.9. The molecule has 2 fully saturated rings. The van der Waals surface area contributed by atoms with Crippen molar-refractivity contribution in [3.8, 4) is 5.69 Å². The lowest BCUT2D eigenvalue weighted by Crippen LogP contribution is -2.29. The first-order valence-corrected chi connectivity index (χ1v) is 11.8. The molecule has 6 rings (SSSR count). The molecule has 0 N–H and O–H groups in total. The average Bonchev–Trinajstić information content (AvgIpc) is 3.54. The summed E-state index contributed by atoms with van der Waals surface area (Å²) in [5.74, 6) is 1.80. The fourth-order valence-electron chi connectivity index (χ4n) is 5.47. The smallest absolute Gasteiger partial charge is 0.346 e. The van der Waals surface area contributed by atoms with Gasteiger partial charge in [-0.3, -0.25) is 4.57 Å². The Hall–Kier alpha value is -3.01. The highest BCUT2D eigenvalue weighted by atomic mass is 32.1. The third kappa shape index (κ3) is 3.47. The first-order valence-electron chi connectivity index (χ1n) is 10.9. The number of hydrogen-bond acceptors (Lipinski definition) is 6. The van der Waals surface area contributed by atoms with Crippen LogP contribution in [0.3, 0.4) is 0 Å². The summed E-state index contributed by atoms with van der Waals surface area (Å²) in [7, 11) is 0. The van der Waals surface area contributed by atoms with Crippen molar-refractivity contribution in [2.75, 3.05) is 11.4 Å². The van der Waals surface area contributed by atoms with Crippen LogP contribution in [0.1, 0.15) is 42.4 Å². The van der Waals surface area contributed by atoms with E-state index in [1.54, 1.807) is 24.6 Å². The zero-order chi connectivity index (χ0) is 22.7. The Labute approximate surface area is 192 Å². The molecule has 6 nitrogen and oxygen atoms in total. The van der Waals surface area contributed by atoms with Gasteiger partial charge in [-0.2, -0.15) is 13.2 Å². The van der Waals surface area contributed by atoms with Gasteiger partial charge in [0.25, 0.3) is 0 Å². The molecule has 0 amide bonds. The topological polar surface area (TPSA) is 59.7 Å². The standard InChI is InChI=1S/C23H21F3N6S/c1-13-7-15(23(24,25)26)8-20(29-13)31-10-14-3-2-4-17(14)21(31)22-30-28-11-32(22)16-5-6-18-19(9-16)33-12-27-18/h5-9,11-12,14,17,21H,2-4,10H2,1H3. The molecule has 1 aromatic carbocycles. The zero-order valence-electron chi connectivity index (χ0n) is 17.8. The van der Waals surface area contributed by atoms with E-state index in [2.05, 4.69) is 26.2 Å². The molecular formula is C23H21F3N6S. The van der Waals surface area contributed by atoms with E-state index in [-0.39, 0.29) is 6.04 Å². The van der Waals surface area contributed by atoms with Crippen LogP contribution in [-0.4, -0.2) is 31.3 Å². The lowest BCUT2D eigenvalue weighted by atomic mass is 9.93. The first kappa shape index (κ1) is 20.6. The first-order chi connectivity index (χ1) is 15.9. The fourth-order valence-corrected chi connectivity index (χ4v) is 6.18.